The zero-order valence-corrected chi connectivity index (χ0v) is 10.8. The van der Waals surface area contributed by atoms with Gasteiger partial charge in [0.2, 0.25) is 0 Å². The Morgan fingerprint density at radius 2 is 2.20 bits per heavy atom. The highest BCUT2D eigenvalue weighted by Gasteiger charge is 2.16. The number of rotatable bonds is 3. The summed E-state index contributed by atoms with van der Waals surface area (Å²) in [5.74, 6) is -0.193. The van der Waals surface area contributed by atoms with Gasteiger partial charge in [0.05, 0.1) is 17.8 Å². The molecule has 20 heavy (non-hydrogen) atoms. The van der Waals surface area contributed by atoms with Crippen LogP contribution in [0.3, 0.4) is 0 Å². The lowest BCUT2D eigenvalue weighted by Crippen LogP contribution is -2.27. The third-order valence-electron chi connectivity index (χ3n) is 3.41. The van der Waals surface area contributed by atoms with E-state index in [1.165, 1.54) is 16.9 Å². The molecule has 7 heteroatoms. The van der Waals surface area contributed by atoms with Crippen LogP contribution in [0.5, 0.6) is 0 Å². The third kappa shape index (κ3) is 2.22. The fraction of sp³-hybridized carbons (Fsp3) is 0.385. The lowest BCUT2D eigenvalue weighted by molar-refractivity contribution is 0.0696. The van der Waals surface area contributed by atoms with Crippen LogP contribution in [0.2, 0.25) is 0 Å². The highest BCUT2D eigenvalue weighted by molar-refractivity contribution is 5.87. The normalized spacial score (nSPS) is 14.0. The quantitative estimate of drug-likeness (QED) is 0.881. The van der Waals surface area contributed by atoms with E-state index >= 15 is 0 Å². The zero-order chi connectivity index (χ0) is 14.1. The van der Waals surface area contributed by atoms with Gasteiger partial charge < -0.3 is 5.11 Å². The summed E-state index contributed by atoms with van der Waals surface area (Å²) in [5.41, 5.74) is 0.626. The zero-order valence-electron chi connectivity index (χ0n) is 10.8. The standard InChI is InChI=1S/C13H14N4O3/c18-12(19)9-4-5-10(14-7-9)8-17-13(20)16-6-2-1-3-11(16)15-17/h4-5,7H,1-3,6,8H2,(H,18,19). The molecule has 0 saturated carbocycles. The monoisotopic (exact) mass is 274 g/mol. The molecule has 104 valence electrons. The van der Waals surface area contributed by atoms with Gasteiger partial charge in [-0.1, -0.05) is 0 Å². The van der Waals surface area contributed by atoms with Crippen molar-refractivity contribution < 1.29 is 9.90 Å². The summed E-state index contributed by atoms with van der Waals surface area (Å²) >= 11 is 0. The molecule has 0 amide bonds. The molecule has 1 aliphatic heterocycles. The Labute approximate surface area is 114 Å². The summed E-state index contributed by atoms with van der Waals surface area (Å²) in [6.45, 7) is 0.984. The Bertz CT molecular complexity index is 699. The highest BCUT2D eigenvalue weighted by Crippen LogP contribution is 2.10. The first kappa shape index (κ1) is 12.6. The number of fused-ring (bicyclic) bond motifs is 1. The van der Waals surface area contributed by atoms with Crippen molar-refractivity contribution in [2.75, 3.05) is 0 Å². The van der Waals surface area contributed by atoms with Crippen LogP contribution in [0.1, 0.15) is 34.7 Å². The van der Waals surface area contributed by atoms with Gasteiger partial charge in [-0.2, -0.15) is 5.10 Å². The molecule has 0 spiro atoms. The van der Waals surface area contributed by atoms with Crippen LogP contribution in [-0.4, -0.2) is 30.4 Å². The smallest absolute Gasteiger partial charge is 0.346 e. The van der Waals surface area contributed by atoms with Gasteiger partial charge in [-0.15, -0.1) is 0 Å². The number of pyridine rings is 1. The minimum atomic E-state index is -1.02. The molecule has 0 fully saturated rings. The van der Waals surface area contributed by atoms with E-state index in [9.17, 15) is 9.59 Å². The van der Waals surface area contributed by atoms with Gasteiger partial charge in [-0.25, -0.2) is 14.3 Å². The molecule has 2 aromatic rings. The number of hydrogen-bond donors (Lipinski definition) is 1. The lowest BCUT2D eigenvalue weighted by Gasteiger charge is -2.09. The molecule has 3 rings (SSSR count). The number of aryl methyl sites for hydroxylation is 1. The van der Waals surface area contributed by atoms with Crippen molar-refractivity contribution in [3.8, 4) is 0 Å². The maximum atomic E-state index is 12.1. The van der Waals surface area contributed by atoms with Crippen LogP contribution >= 0.6 is 0 Å². The van der Waals surface area contributed by atoms with E-state index in [-0.39, 0.29) is 17.8 Å². The van der Waals surface area contributed by atoms with E-state index < -0.39 is 5.97 Å². The van der Waals surface area contributed by atoms with Gasteiger partial charge >= 0.3 is 11.7 Å². The average molecular weight is 274 g/mol. The van der Waals surface area contributed by atoms with Crippen LogP contribution in [0.15, 0.2) is 23.1 Å². The topological polar surface area (TPSA) is 90.0 Å². The fourth-order valence-electron chi connectivity index (χ4n) is 2.35. The van der Waals surface area contributed by atoms with E-state index in [0.29, 0.717) is 5.69 Å². The van der Waals surface area contributed by atoms with E-state index in [1.54, 1.807) is 10.6 Å². The maximum absolute atomic E-state index is 12.1. The number of aromatic nitrogens is 4. The van der Waals surface area contributed by atoms with Crippen molar-refractivity contribution >= 4 is 5.97 Å². The molecule has 7 nitrogen and oxygen atoms in total. The number of hydrogen-bond acceptors (Lipinski definition) is 4. The Morgan fingerprint density at radius 3 is 2.85 bits per heavy atom. The number of carboxylic acids is 1. The third-order valence-corrected chi connectivity index (χ3v) is 3.41. The van der Waals surface area contributed by atoms with Crippen LogP contribution in [0, 0.1) is 0 Å². The molecular weight excluding hydrogens is 260 g/mol. The second-order valence-corrected chi connectivity index (χ2v) is 4.81. The van der Waals surface area contributed by atoms with Crippen molar-refractivity contribution in [3.63, 3.8) is 0 Å². The Morgan fingerprint density at radius 1 is 1.35 bits per heavy atom. The highest BCUT2D eigenvalue weighted by atomic mass is 16.4. The molecular formula is C13H14N4O3. The predicted molar refractivity (Wildman–Crippen MR) is 69.7 cm³/mol. The van der Waals surface area contributed by atoms with Crippen LogP contribution < -0.4 is 5.69 Å². The van der Waals surface area contributed by atoms with Gasteiger partial charge in [0.25, 0.3) is 0 Å². The molecule has 0 bridgehead atoms. The fourth-order valence-corrected chi connectivity index (χ4v) is 2.35. The van der Waals surface area contributed by atoms with E-state index in [1.807, 2.05) is 0 Å². The molecule has 0 atom stereocenters. The minimum absolute atomic E-state index is 0.121. The largest absolute Gasteiger partial charge is 0.478 e. The number of nitrogens with zero attached hydrogens (tertiary/aromatic N) is 4. The van der Waals surface area contributed by atoms with Crippen molar-refractivity contribution in [2.24, 2.45) is 0 Å². The first-order chi connectivity index (χ1) is 9.65. The summed E-state index contributed by atoms with van der Waals surface area (Å²) in [4.78, 5) is 26.9. The minimum Gasteiger partial charge on any atom is -0.478 e. The molecule has 1 N–H and O–H groups in total. The van der Waals surface area contributed by atoms with Crippen LogP contribution in [-0.2, 0) is 19.5 Å². The molecule has 3 heterocycles. The number of carbonyl (C=O) groups is 1. The molecule has 0 aromatic carbocycles. The lowest BCUT2D eigenvalue weighted by atomic mass is 10.2. The summed E-state index contributed by atoms with van der Waals surface area (Å²) < 4.78 is 3.10. The molecule has 2 aromatic heterocycles. The summed E-state index contributed by atoms with van der Waals surface area (Å²) in [5, 5.41) is 13.1. The van der Waals surface area contributed by atoms with Gasteiger partial charge in [-0.05, 0) is 25.0 Å². The molecule has 0 aliphatic carbocycles. The van der Waals surface area contributed by atoms with E-state index in [4.69, 9.17) is 5.11 Å². The van der Waals surface area contributed by atoms with Crippen LogP contribution in [0.4, 0.5) is 0 Å². The van der Waals surface area contributed by atoms with Crippen molar-refractivity contribution in [3.05, 3.63) is 45.9 Å². The molecule has 0 saturated heterocycles. The summed E-state index contributed by atoms with van der Waals surface area (Å²) in [7, 11) is 0. The SMILES string of the molecule is O=C(O)c1ccc(Cn2nc3n(c2=O)CCCC3)nc1. The Hall–Kier alpha value is -2.44. The first-order valence-electron chi connectivity index (χ1n) is 6.50. The molecule has 1 aliphatic rings. The second-order valence-electron chi connectivity index (χ2n) is 4.81. The van der Waals surface area contributed by atoms with Gasteiger partial charge in [-0.3, -0.25) is 9.55 Å². The summed E-state index contributed by atoms with van der Waals surface area (Å²) in [6.07, 6.45) is 4.18. The van der Waals surface area contributed by atoms with Gasteiger partial charge in [0.15, 0.2) is 0 Å². The average Bonchev–Trinajstić information content (AvgIpc) is 2.77. The maximum Gasteiger partial charge on any atom is 0.346 e. The van der Waals surface area contributed by atoms with Crippen molar-refractivity contribution in [1.29, 1.82) is 0 Å². The number of carboxylic acid groups (broad SMARTS) is 1. The van der Waals surface area contributed by atoms with Gasteiger partial charge in [0, 0.05) is 19.2 Å². The molecule has 0 radical (unpaired) electrons. The van der Waals surface area contributed by atoms with E-state index in [0.717, 1.165) is 31.6 Å². The Kier molecular flexibility index (Phi) is 3.09. The van der Waals surface area contributed by atoms with Crippen molar-refractivity contribution in [1.82, 2.24) is 19.3 Å². The Balaban J connectivity index is 1.86. The van der Waals surface area contributed by atoms with Gasteiger partial charge in [0.1, 0.15) is 5.82 Å². The first-order valence-corrected chi connectivity index (χ1v) is 6.50. The second kappa shape index (κ2) is 4.92. The number of aromatic carboxylic acids is 1. The predicted octanol–water partition coefficient (Wildman–Crippen LogP) is 0.523. The van der Waals surface area contributed by atoms with Crippen LogP contribution in [0.25, 0.3) is 0 Å². The van der Waals surface area contributed by atoms with Crippen molar-refractivity contribution in [2.45, 2.75) is 32.4 Å². The molecule has 0 unspecified atom stereocenters. The van der Waals surface area contributed by atoms with E-state index in [2.05, 4.69) is 10.1 Å². The summed E-state index contributed by atoms with van der Waals surface area (Å²) in [6, 6.07) is 3.08.